The largest absolute Gasteiger partial charge is 0.365 e. The van der Waals surface area contributed by atoms with Crippen LogP contribution in [0.1, 0.15) is 13.3 Å². The van der Waals surface area contributed by atoms with Gasteiger partial charge in [-0.25, -0.2) is 0 Å². The predicted molar refractivity (Wildman–Crippen MR) is 66.2 cm³/mol. The zero-order chi connectivity index (χ0) is 12.8. The summed E-state index contributed by atoms with van der Waals surface area (Å²) in [6, 6.07) is 6.45. The van der Waals surface area contributed by atoms with Crippen LogP contribution in [0.5, 0.6) is 0 Å². The molecular weight excluding hydrogens is 242 g/mol. The quantitative estimate of drug-likeness (QED) is 0.597. The first-order valence-corrected chi connectivity index (χ1v) is 5.53. The third kappa shape index (κ3) is 3.33. The van der Waals surface area contributed by atoms with E-state index >= 15 is 0 Å². The fraction of sp³-hybridized carbons (Fsp3) is 0.364. The van der Waals surface area contributed by atoms with Crippen LogP contribution < -0.4 is 4.90 Å². The van der Waals surface area contributed by atoms with Crippen molar-refractivity contribution in [2.45, 2.75) is 13.3 Å². The minimum Gasteiger partial charge on any atom is -0.365 e. The van der Waals surface area contributed by atoms with Crippen molar-refractivity contribution in [1.82, 2.24) is 0 Å². The van der Waals surface area contributed by atoms with E-state index in [0.717, 1.165) is 0 Å². The van der Waals surface area contributed by atoms with Crippen LogP contribution in [0.15, 0.2) is 18.2 Å². The Labute approximate surface area is 104 Å². The summed E-state index contributed by atoms with van der Waals surface area (Å²) < 4.78 is 0. The number of nitriles is 1. The SMILES string of the molecule is CCN(CCC#N)c1cc(Cl)ccc1[N+](=O)[O-]. The van der Waals surface area contributed by atoms with Crippen molar-refractivity contribution in [1.29, 1.82) is 5.26 Å². The standard InChI is InChI=1S/C11H12ClN3O2/c1-2-14(7-3-6-13)11-8-9(12)4-5-10(11)15(16)17/h4-5,8H,2-3,7H2,1H3. The number of nitrogens with zero attached hydrogens (tertiary/aromatic N) is 3. The first kappa shape index (κ1) is 13.3. The summed E-state index contributed by atoms with van der Waals surface area (Å²) in [6.45, 7) is 2.92. The maximum absolute atomic E-state index is 10.9. The van der Waals surface area contributed by atoms with Gasteiger partial charge in [0.05, 0.1) is 17.4 Å². The molecule has 0 bridgehead atoms. The van der Waals surface area contributed by atoms with Gasteiger partial charge in [0.1, 0.15) is 5.69 Å². The maximum Gasteiger partial charge on any atom is 0.292 e. The number of nitro groups is 1. The molecule has 0 saturated heterocycles. The van der Waals surface area contributed by atoms with E-state index in [1.165, 1.54) is 12.1 Å². The van der Waals surface area contributed by atoms with Gasteiger partial charge in [-0.1, -0.05) is 11.6 Å². The van der Waals surface area contributed by atoms with Crippen LogP contribution in [-0.4, -0.2) is 18.0 Å². The van der Waals surface area contributed by atoms with Gasteiger partial charge in [-0.2, -0.15) is 5.26 Å². The summed E-state index contributed by atoms with van der Waals surface area (Å²) in [5.41, 5.74) is 0.467. The van der Waals surface area contributed by atoms with E-state index in [9.17, 15) is 10.1 Å². The van der Waals surface area contributed by atoms with Crippen LogP contribution in [0.3, 0.4) is 0 Å². The Kier molecular flexibility index (Phi) is 4.73. The fourth-order valence-corrected chi connectivity index (χ4v) is 1.70. The molecular formula is C11H12ClN3O2. The molecule has 0 aliphatic heterocycles. The summed E-state index contributed by atoms with van der Waals surface area (Å²) in [5, 5.41) is 19.9. The summed E-state index contributed by atoms with van der Waals surface area (Å²) in [6.07, 6.45) is 0.317. The van der Waals surface area contributed by atoms with Crippen molar-refractivity contribution < 1.29 is 4.92 Å². The van der Waals surface area contributed by atoms with Gasteiger partial charge < -0.3 is 4.90 Å². The molecule has 0 aromatic heterocycles. The molecule has 0 radical (unpaired) electrons. The Morgan fingerprint density at radius 3 is 2.82 bits per heavy atom. The number of benzene rings is 1. The predicted octanol–water partition coefficient (Wildman–Crippen LogP) is 2.99. The van der Waals surface area contributed by atoms with E-state index in [-0.39, 0.29) is 5.69 Å². The molecule has 0 spiro atoms. The minimum absolute atomic E-state index is 0.00851. The number of nitro benzene ring substituents is 1. The number of halogens is 1. The summed E-state index contributed by atoms with van der Waals surface area (Å²) in [4.78, 5) is 12.2. The Bertz CT molecular complexity index is 457. The molecule has 5 nitrogen and oxygen atoms in total. The highest BCUT2D eigenvalue weighted by Crippen LogP contribution is 2.31. The molecule has 0 fully saturated rings. The monoisotopic (exact) mass is 253 g/mol. The molecule has 90 valence electrons. The molecule has 17 heavy (non-hydrogen) atoms. The van der Waals surface area contributed by atoms with Gasteiger partial charge in [0.2, 0.25) is 0 Å². The van der Waals surface area contributed by atoms with Crippen LogP contribution in [0, 0.1) is 21.4 Å². The number of hydrogen-bond acceptors (Lipinski definition) is 4. The van der Waals surface area contributed by atoms with Gasteiger partial charge in [-0.05, 0) is 19.1 Å². The molecule has 0 heterocycles. The first-order chi connectivity index (χ1) is 8.10. The van der Waals surface area contributed by atoms with Gasteiger partial charge in [0, 0.05) is 24.2 Å². The number of anilines is 1. The lowest BCUT2D eigenvalue weighted by atomic mass is 10.2. The Morgan fingerprint density at radius 2 is 2.29 bits per heavy atom. The molecule has 1 aromatic carbocycles. The number of hydrogen-bond donors (Lipinski definition) is 0. The van der Waals surface area contributed by atoms with Crippen molar-refractivity contribution in [3.05, 3.63) is 33.3 Å². The van der Waals surface area contributed by atoms with E-state index in [4.69, 9.17) is 16.9 Å². The van der Waals surface area contributed by atoms with Gasteiger partial charge >= 0.3 is 0 Å². The lowest BCUT2D eigenvalue weighted by Gasteiger charge is -2.21. The van der Waals surface area contributed by atoms with E-state index in [1.807, 2.05) is 13.0 Å². The zero-order valence-electron chi connectivity index (χ0n) is 9.39. The minimum atomic E-state index is -0.444. The molecule has 6 heteroatoms. The normalized spacial score (nSPS) is 9.71. The molecule has 0 amide bonds. The summed E-state index contributed by atoms with van der Waals surface area (Å²) >= 11 is 5.84. The third-order valence-corrected chi connectivity index (χ3v) is 2.59. The lowest BCUT2D eigenvalue weighted by Crippen LogP contribution is -2.24. The highest BCUT2D eigenvalue weighted by Gasteiger charge is 2.18. The van der Waals surface area contributed by atoms with Crippen LogP contribution in [0.4, 0.5) is 11.4 Å². The van der Waals surface area contributed by atoms with Crippen molar-refractivity contribution in [3.8, 4) is 6.07 Å². The maximum atomic E-state index is 10.9. The Balaban J connectivity index is 3.12. The van der Waals surface area contributed by atoms with E-state index in [2.05, 4.69) is 0 Å². The van der Waals surface area contributed by atoms with Crippen LogP contribution >= 0.6 is 11.6 Å². The van der Waals surface area contributed by atoms with Crippen molar-refractivity contribution in [2.75, 3.05) is 18.0 Å². The van der Waals surface area contributed by atoms with E-state index in [1.54, 1.807) is 11.0 Å². The van der Waals surface area contributed by atoms with Crippen molar-refractivity contribution >= 4 is 23.0 Å². The second-order valence-electron chi connectivity index (χ2n) is 3.38. The average Bonchev–Trinajstić information content (AvgIpc) is 2.29. The Morgan fingerprint density at radius 1 is 1.59 bits per heavy atom. The smallest absolute Gasteiger partial charge is 0.292 e. The van der Waals surface area contributed by atoms with Crippen molar-refractivity contribution in [3.63, 3.8) is 0 Å². The van der Waals surface area contributed by atoms with Crippen LogP contribution in [-0.2, 0) is 0 Å². The fourth-order valence-electron chi connectivity index (χ4n) is 1.54. The van der Waals surface area contributed by atoms with Gasteiger partial charge in [0.15, 0.2) is 0 Å². The van der Waals surface area contributed by atoms with Crippen LogP contribution in [0.25, 0.3) is 0 Å². The second kappa shape index (κ2) is 6.06. The molecule has 0 unspecified atom stereocenters. The summed E-state index contributed by atoms with van der Waals surface area (Å²) in [5.74, 6) is 0. The van der Waals surface area contributed by atoms with E-state index < -0.39 is 4.92 Å². The lowest BCUT2D eigenvalue weighted by molar-refractivity contribution is -0.384. The Hall–Kier alpha value is -1.80. The number of rotatable bonds is 5. The molecule has 0 aliphatic rings. The second-order valence-corrected chi connectivity index (χ2v) is 3.81. The van der Waals surface area contributed by atoms with E-state index in [0.29, 0.717) is 30.2 Å². The van der Waals surface area contributed by atoms with Gasteiger partial charge in [0.25, 0.3) is 5.69 Å². The van der Waals surface area contributed by atoms with Gasteiger partial charge in [-0.3, -0.25) is 10.1 Å². The topological polar surface area (TPSA) is 70.2 Å². The highest BCUT2D eigenvalue weighted by molar-refractivity contribution is 6.31. The molecule has 1 aromatic rings. The molecule has 0 atom stereocenters. The third-order valence-electron chi connectivity index (χ3n) is 2.35. The summed E-state index contributed by atoms with van der Waals surface area (Å²) in [7, 11) is 0. The molecule has 1 rings (SSSR count). The highest BCUT2D eigenvalue weighted by atomic mass is 35.5. The van der Waals surface area contributed by atoms with Gasteiger partial charge in [-0.15, -0.1) is 0 Å². The molecule has 0 saturated carbocycles. The zero-order valence-corrected chi connectivity index (χ0v) is 10.1. The average molecular weight is 254 g/mol. The van der Waals surface area contributed by atoms with Crippen molar-refractivity contribution in [2.24, 2.45) is 0 Å². The molecule has 0 N–H and O–H groups in total. The molecule has 0 aliphatic carbocycles. The first-order valence-electron chi connectivity index (χ1n) is 5.16. The van der Waals surface area contributed by atoms with Crippen LogP contribution in [0.2, 0.25) is 5.02 Å².